The highest BCUT2D eigenvalue weighted by molar-refractivity contribution is 6.04. The lowest BCUT2D eigenvalue weighted by Crippen LogP contribution is -2.56. The van der Waals surface area contributed by atoms with Crippen molar-refractivity contribution in [3.8, 4) is 0 Å². The molecule has 2 aromatic rings. The molecule has 3 N–H and O–H groups in total. The molecule has 0 saturated carbocycles. The number of amides is 1. The van der Waals surface area contributed by atoms with Gasteiger partial charge < -0.3 is 20.4 Å². The van der Waals surface area contributed by atoms with Crippen LogP contribution in [0.25, 0.3) is 10.9 Å². The number of nitrogens with one attached hydrogen (secondary N) is 1. The summed E-state index contributed by atoms with van der Waals surface area (Å²) >= 11 is 0. The second-order valence-electron chi connectivity index (χ2n) is 5.10. The average molecular weight is 259 g/mol. The summed E-state index contributed by atoms with van der Waals surface area (Å²) in [6, 6.07) is 7.96. The zero-order valence-electron chi connectivity index (χ0n) is 10.8. The molecule has 5 heteroatoms. The summed E-state index contributed by atoms with van der Waals surface area (Å²) in [5, 5.41) is 4.01. The van der Waals surface area contributed by atoms with Crippen LogP contribution in [0.15, 0.2) is 30.5 Å². The van der Waals surface area contributed by atoms with E-state index in [9.17, 15) is 4.79 Å². The van der Waals surface area contributed by atoms with Gasteiger partial charge in [0, 0.05) is 30.7 Å². The fourth-order valence-corrected chi connectivity index (χ4v) is 2.39. The molecule has 2 heterocycles. The van der Waals surface area contributed by atoms with Crippen molar-refractivity contribution in [2.24, 2.45) is 18.2 Å². The Labute approximate surface area is 111 Å². The second kappa shape index (κ2) is 4.36. The molecule has 1 saturated heterocycles. The quantitative estimate of drug-likeness (QED) is 0.867. The number of fused-ring (bicyclic) bond motifs is 1. The van der Waals surface area contributed by atoms with Gasteiger partial charge in [-0.05, 0) is 6.07 Å². The van der Waals surface area contributed by atoms with Crippen LogP contribution in [0, 0.1) is 5.41 Å². The molecule has 0 spiro atoms. The van der Waals surface area contributed by atoms with Gasteiger partial charge in [0.2, 0.25) is 5.91 Å². The minimum Gasteiger partial charge on any atom is -0.379 e. The molecule has 5 nitrogen and oxygen atoms in total. The lowest BCUT2D eigenvalue weighted by Gasteiger charge is -2.38. The van der Waals surface area contributed by atoms with Crippen LogP contribution in [-0.4, -0.2) is 30.2 Å². The van der Waals surface area contributed by atoms with E-state index < -0.39 is 5.41 Å². The average Bonchev–Trinajstić information content (AvgIpc) is 2.66. The lowest BCUT2D eigenvalue weighted by atomic mass is 9.85. The number of aromatic nitrogens is 1. The van der Waals surface area contributed by atoms with Crippen LogP contribution in [0.2, 0.25) is 0 Å². The second-order valence-corrected chi connectivity index (χ2v) is 5.10. The van der Waals surface area contributed by atoms with Crippen molar-refractivity contribution in [2.75, 3.05) is 25.1 Å². The zero-order chi connectivity index (χ0) is 13.5. The third-order valence-corrected chi connectivity index (χ3v) is 3.77. The number of ether oxygens (including phenoxy) is 1. The van der Waals surface area contributed by atoms with E-state index in [0.29, 0.717) is 19.8 Å². The molecule has 0 unspecified atom stereocenters. The first kappa shape index (κ1) is 12.2. The molecule has 1 aromatic carbocycles. The monoisotopic (exact) mass is 259 g/mol. The molecule has 0 atom stereocenters. The normalized spacial score (nSPS) is 17.2. The molecular weight excluding hydrogens is 242 g/mol. The van der Waals surface area contributed by atoms with Crippen molar-refractivity contribution in [3.05, 3.63) is 30.5 Å². The van der Waals surface area contributed by atoms with Crippen molar-refractivity contribution >= 4 is 22.5 Å². The summed E-state index contributed by atoms with van der Waals surface area (Å²) in [6.45, 7) is 1.11. The maximum atomic E-state index is 12.3. The Bertz CT molecular complexity index is 623. The van der Waals surface area contributed by atoms with Crippen molar-refractivity contribution in [1.29, 1.82) is 0 Å². The van der Waals surface area contributed by atoms with E-state index in [1.54, 1.807) is 0 Å². The standard InChI is InChI=1S/C14H17N3O2/c1-17-6-11(10-4-2-3-5-12(10)17)16-13(18)14(7-15)8-19-9-14/h2-6H,7-9,15H2,1H3,(H,16,18). The number of para-hydroxylation sites is 1. The molecule has 0 bridgehead atoms. The number of nitrogens with two attached hydrogens (primary N) is 1. The molecule has 100 valence electrons. The van der Waals surface area contributed by atoms with E-state index in [2.05, 4.69) is 5.32 Å². The SMILES string of the molecule is Cn1cc(NC(=O)C2(CN)COC2)c2ccccc21. The van der Waals surface area contributed by atoms with Crippen LogP contribution in [-0.2, 0) is 16.6 Å². The van der Waals surface area contributed by atoms with E-state index >= 15 is 0 Å². The first-order valence-electron chi connectivity index (χ1n) is 6.30. The number of anilines is 1. The zero-order valence-corrected chi connectivity index (χ0v) is 10.8. The fourth-order valence-electron chi connectivity index (χ4n) is 2.39. The summed E-state index contributed by atoms with van der Waals surface area (Å²) in [4.78, 5) is 12.3. The van der Waals surface area contributed by atoms with Gasteiger partial charge in [-0.1, -0.05) is 18.2 Å². The topological polar surface area (TPSA) is 69.3 Å². The van der Waals surface area contributed by atoms with Crippen LogP contribution in [0.4, 0.5) is 5.69 Å². The Morgan fingerprint density at radius 1 is 1.47 bits per heavy atom. The molecule has 1 amide bonds. The van der Waals surface area contributed by atoms with Crippen LogP contribution in [0.5, 0.6) is 0 Å². The lowest BCUT2D eigenvalue weighted by molar-refractivity contribution is -0.153. The molecule has 3 rings (SSSR count). The number of hydrogen-bond acceptors (Lipinski definition) is 3. The molecule has 0 aliphatic carbocycles. The van der Waals surface area contributed by atoms with Crippen molar-refractivity contribution in [3.63, 3.8) is 0 Å². The fraction of sp³-hybridized carbons (Fsp3) is 0.357. The first-order valence-corrected chi connectivity index (χ1v) is 6.30. The number of nitrogens with zero attached hydrogens (tertiary/aromatic N) is 1. The Kier molecular flexibility index (Phi) is 2.80. The van der Waals surface area contributed by atoms with Gasteiger partial charge in [0.05, 0.1) is 18.9 Å². The van der Waals surface area contributed by atoms with Crippen LogP contribution >= 0.6 is 0 Å². The third kappa shape index (κ3) is 1.82. The predicted octanol–water partition coefficient (Wildman–Crippen LogP) is 1.09. The summed E-state index contributed by atoms with van der Waals surface area (Å²) in [6.07, 6.45) is 1.92. The van der Waals surface area contributed by atoms with E-state index in [-0.39, 0.29) is 5.91 Å². The molecule has 19 heavy (non-hydrogen) atoms. The number of aryl methyl sites for hydroxylation is 1. The minimum atomic E-state index is -0.559. The number of carbonyl (C=O) groups is 1. The van der Waals surface area contributed by atoms with Gasteiger partial charge >= 0.3 is 0 Å². The van der Waals surface area contributed by atoms with Crippen LogP contribution in [0.1, 0.15) is 0 Å². The van der Waals surface area contributed by atoms with Crippen LogP contribution in [0.3, 0.4) is 0 Å². The summed E-state index contributed by atoms with van der Waals surface area (Å²) in [7, 11) is 1.96. The Morgan fingerprint density at radius 3 is 2.84 bits per heavy atom. The number of rotatable bonds is 3. The van der Waals surface area contributed by atoms with Crippen molar-refractivity contribution in [2.45, 2.75) is 0 Å². The van der Waals surface area contributed by atoms with E-state index in [1.165, 1.54) is 0 Å². The number of benzene rings is 1. The molecule has 1 fully saturated rings. The largest absolute Gasteiger partial charge is 0.379 e. The summed E-state index contributed by atoms with van der Waals surface area (Å²) in [5.41, 5.74) is 7.05. The summed E-state index contributed by atoms with van der Waals surface area (Å²) in [5.74, 6) is -0.0578. The van der Waals surface area contributed by atoms with Gasteiger partial charge in [-0.15, -0.1) is 0 Å². The van der Waals surface area contributed by atoms with Crippen molar-refractivity contribution in [1.82, 2.24) is 4.57 Å². The highest BCUT2D eigenvalue weighted by Gasteiger charge is 2.44. The highest BCUT2D eigenvalue weighted by atomic mass is 16.5. The molecular formula is C14H17N3O2. The Balaban J connectivity index is 1.91. The molecule has 1 aromatic heterocycles. The number of hydrogen-bond donors (Lipinski definition) is 2. The molecule has 0 radical (unpaired) electrons. The van der Waals surface area contributed by atoms with Gasteiger partial charge in [-0.25, -0.2) is 0 Å². The van der Waals surface area contributed by atoms with Gasteiger partial charge in [-0.2, -0.15) is 0 Å². The van der Waals surface area contributed by atoms with E-state index in [4.69, 9.17) is 10.5 Å². The summed E-state index contributed by atoms with van der Waals surface area (Å²) < 4.78 is 7.13. The Morgan fingerprint density at radius 2 is 2.21 bits per heavy atom. The van der Waals surface area contributed by atoms with Crippen molar-refractivity contribution < 1.29 is 9.53 Å². The van der Waals surface area contributed by atoms with Gasteiger partial charge in [0.25, 0.3) is 0 Å². The highest BCUT2D eigenvalue weighted by Crippen LogP contribution is 2.30. The van der Waals surface area contributed by atoms with Gasteiger partial charge in [0.15, 0.2) is 0 Å². The first-order chi connectivity index (χ1) is 9.16. The molecule has 1 aliphatic heterocycles. The smallest absolute Gasteiger partial charge is 0.236 e. The van der Waals surface area contributed by atoms with E-state index in [1.807, 2.05) is 42.1 Å². The van der Waals surface area contributed by atoms with Gasteiger partial charge in [0.1, 0.15) is 5.41 Å². The van der Waals surface area contributed by atoms with Gasteiger partial charge in [-0.3, -0.25) is 4.79 Å². The maximum Gasteiger partial charge on any atom is 0.236 e. The Hall–Kier alpha value is -1.85. The third-order valence-electron chi connectivity index (χ3n) is 3.77. The maximum absolute atomic E-state index is 12.3. The predicted molar refractivity (Wildman–Crippen MR) is 73.9 cm³/mol. The minimum absolute atomic E-state index is 0.0578. The molecule has 1 aliphatic rings. The van der Waals surface area contributed by atoms with E-state index in [0.717, 1.165) is 16.6 Å². The van der Waals surface area contributed by atoms with Crippen LogP contribution < -0.4 is 11.1 Å². The number of carbonyl (C=O) groups excluding carboxylic acids is 1.